The summed E-state index contributed by atoms with van der Waals surface area (Å²) in [5.41, 5.74) is 0. The van der Waals surface area contributed by atoms with Crippen LogP contribution in [0.5, 0.6) is 0 Å². The van der Waals surface area contributed by atoms with E-state index in [1.807, 2.05) is 20.8 Å². The van der Waals surface area contributed by atoms with Gasteiger partial charge < -0.3 is 18.9 Å². The van der Waals surface area contributed by atoms with Crippen molar-refractivity contribution in [3.8, 4) is 0 Å². The van der Waals surface area contributed by atoms with Gasteiger partial charge in [0.25, 0.3) is 0 Å². The Labute approximate surface area is 78.1 Å². The average Bonchev–Trinajstić information content (AvgIpc) is 2.78. The second kappa shape index (κ2) is 3.20. The molecule has 76 valence electrons. The fraction of sp³-hybridized carbons (Fsp3) is 1.00. The maximum absolute atomic E-state index is 5.60. The lowest BCUT2D eigenvalue weighted by molar-refractivity contribution is -0.204. The highest BCUT2D eigenvalue weighted by Crippen LogP contribution is 2.26. The molecule has 0 aromatic heterocycles. The quantitative estimate of drug-likeness (QED) is 0.617. The number of ether oxygens (including phenoxy) is 4. The van der Waals surface area contributed by atoms with Gasteiger partial charge in [-0.25, -0.2) is 0 Å². The minimum absolute atomic E-state index is 0.0995. The molecule has 2 saturated heterocycles. The Morgan fingerprint density at radius 2 is 2.08 bits per heavy atom. The van der Waals surface area contributed by atoms with Gasteiger partial charge in [0, 0.05) is 0 Å². The maximum atomic E-state index is 5.60. The van der Waals surface area contributed by atoms with E-state index in [4.69, 9.17) is 18.9 Å². The summed E-state index contributed by atoms with van der Waals surface area (Å²) in [7, 11) is 0. The SMILES string of the molecule is CC(OC1COC(C)(C)O1)C1CO1. The minimum Gasteiger partial charge on any atom is -0.370 e. The van der Waals surface area contributed by atoms with Crippen LogP contribution in [0.15, 0.2) is 0 Å². The summed E-state index contributed by atoms with van der Waals surface area (Å²) in [5, 5.41) is 0. The van der Waals surface area contributed by atoms with Gasteiger partial charge in [-0.3, -0.25) is 0 Å². The third-order valence-corrected chi connectivity index (χ3v) is 2.23. The molecule has 4 nitrogen and oxygen atoms in total. The molecule has 2 heterocycles. The molecule has 3 unspecified atom stereocenters. The second-order valence-electron chi connectivity index (χ2n) is 3.97. The van der Waals surface area contributed by atoms with Crippen molar-refractivity contribution >= 4 is 0 Å². The van der Waals surface area contributed by atoms with Gasteiger partial charge in [-0.05, 0) is 20.8 Å². The standard InChI is InChI=1S/C9H16O4/c1-6(7-4-10-7)12-8-5-11-9(2,3)13-8/h6-8H,4-5H2,1-3H3. The molecule has 2 aliphatic heterocycles. The van der Waals surface area contributed by atoms with Crippen molar-refractivity contribution in [2.24, 2.45) is 0 Å². The van der Waals surface area contributed by atoms with Gasteiger partial charge in [-0.2, -0.15) is 0 Å². The molecule has 2 aliphatic rings. The van der Waals surface area contributed by atoms with E-state index in [1.165, 1.54) is 0 Å². The Hall–Kier alpha value is -0.160. The first kappa shape index (κ1) is 9.40. The lowest BCUT2D eigenvalue weighted by atomic mass is 10.3. The van der Waals surface area contributed by atoms with Gasteiger partial charge >= 0.3 is 0 Å². The van der Waals surface area contributed by atoms with Crippen molar-refractivity contribution in [1.29, 1.82) is 0 Å². The molecule has 0 N–H and O–H groups in total. The number of rotatable bonds is 3. The fourth-order valence-corrected chi connectivity index (χ4v) is 1.37. The van der Waals surface area contributed by atoms with Crippen molar-refractivity contribution < 1.29 is 18.9 Å². The molecule has 0 aliphatic carbocycles. The van der Waals surface area contributed by atoms with Crippen LogP contribution in [-0.4, -0.2) is 37.5 Å². The highest BCUT2D eigenvalue weighted by atomic mass is 16.8. The van der Waals surface area contributed by atoms with Crippen LogP contribution in [0.3, 0.4) is 0 Å². The summed E-state index contributed by atoms with van der Waals surface area (Å²) in [6, 6.07) is 0. The summed E-state index contributed by atoms with van der Waals surface area (Å²) >= 11 is 0. The molecule has 2 fully saturated rings. The number of hydrogen-bond acceptors (Lipinski definition) is 4. The molecule has 2 rings (SSSR count). The van der Waals surface area contributed by atoms with Gasteiger partial charge in [-0.1, -0.05) is 0 Å². The fourth-order valence-electron chi connectivity index (χ4n) is 1.37. The smallest absolute Gasteiger partial charge is 0.184 e. The molecule has 0 amide bonds. The summed E-state index contributed by atoms with van der Waals surface area (Å²) < 4.78 is 21.6. The average molecular weight is 188 g/mol. The highest BCUT2D eigenvalue weighted by Gasteiger charge is 2.38. The molecule has 0 saturated carbocycles. The van der Waals surface area contributed by atoms with Gasteiger partial charge in [-0.15, -0.1) is 0 Å². The van der Waals surface area contributed by atoms with E-state index in [0.29, 0.717) is 6.61 Å². The molecular weight excluding hydrogens is 172 g/mol. The van der Waals surface area contributed by atoms with Crippen LogP contribution in [0, 0.1) is 0 Å². The topological polar surface area (TPSA) is 40.2 Å². The third kappa shape index (κ3) is 2.40. The van der Waals surface area contributed by atoms with E-state index in [2.05, 4.69) is 0 Å². The Kier molecular flexibility index (Phi) is 2.32. The van der Waals surface area contributed by atoms with Crippen LogP contribution < -0.4 is 0 Å². The molecule has 13 heavy (non-hydrogen) atoms. The molecule has 4 heteroatoms. The van der Waals surface area contributed by atoms with Crippen molar-refractivity contribution in [2.45, 2.75) is 45.1 Å². The van der Waals surface area contributed by atoms with Crippen LogP contribution in [-0.2, 0) is 18.9 Å². The zero-order valence-electron chi connectivity index (χ0n) is 8.28. The van der Waals surface area contributed by atoms with Gasteiger partial charge in [0.1, 0.15) is 12.7 Å². The van der Waals surface area contributed by atoms with Gasteiger partial charge in [0.2, 0.25) is 0 Å². The Balaban J connectivity index is 1.76. The number of epoxide rings is 1. The van der Waals surface area contributed by atoms with Crippen LogP contribution in [0.2, 0.25) is 0 Å². The van der Waals surface area contributed by atoms with Crippen LogP contribution in [0.25, 0.3) is 0 Å². The minimum atomic E-state index is -0.505. The first-order valence-corrected chi connectivity index (χ1v) is 4.66. The number of hydrogen-bond donors (Lipinski definition) is 0. The van der Waals surface area contributed by atoms with E-state index in [0.717, 1.165) is 6.61 Å². The molecule has 0 spiro atoms. The predicted molar refractivity (Wildman–Crippen MR) is 45.2 cm³/mol. The molecule has 0 bridgehead atoms. The Morgan fingerprint density at radius 3 is 2.54 bits per heavy atom. The van der Waals surface area contributed by atoms with Crippen LogP contribution in [0.4, 0.5) is 0 Å². The lowest BCUT2D eigenvalue weighted by Gasteiger charge is -2.19. The van der Waals surface area contributed by atoms with Crippen LogP contribution >= 0.6 is 0 Å². The largest absolute Gasteiger partial charge is 0.370 e. The first-order chi connectivity index (χ1) is 6.07. The monoisotopic (exact) mass is 188 g/mol. The van der Waals surface area contributed by atoms with E-state index in [9.17, 15) is 0 Å². The van der Waals surface area contributed by atoms with Gasteiger partial charge in [0.05, 0.1) is 12.7 Å². The predicted octanol–water partition coefficient (Wildman–Crippen LogP) is 0.899. The second-order valence-corrected chi connectivity index (χ2v) is 3.97. The van der Waals surface area contributed by atoms with Crippen LogP contribution in [0.1, 0.15) is 20.8 Å². The Morgan fingerprint density at radius 1 is 1.38 bits per heavy atom. The molecule has 0 aromatic carbocycles. The highest BCUT2D eigenvalue weighted by molar-refractivity contribution is 4.77. The van der Waals surface area contributed by atoms with Crippen molar-refractivity contribution in [1.82, 2.24) is 0 Å². The lowest BCUT2D eigenvalue weighted by Crippen LogP contribution is -2.27. The molecule has 0 radical (unpaired) electrons. The van der Waals surface area contributed by atoms with Crippen molar-refractivity contribution in [2.75, 3.05) is 13.2 Å². The van der Waals surface area contributed by atoms with E-state index >= 15 is 0 Å². The van der Waals surface area contributed by atoms with E-state index < -0.39 is 5.79 Å². The van der Waals surface area contributed by atoms with Gasteiger partial charge in [0.15, 0.2) is 12.1 Å². The Bertz CT molecular complexity index is 188. The van der Waals surface area contributed by atoms with E-state index in [1.54, 1.807) is 0 Å². The third-order valence-electron chi connectivity index (χ3n) is 2.23. The normalized spacial score (nSPS) is 39.0. The molecular formula is C9H16O4. The van der Waals surface area contributed by atoms with Crippen molar-refractivity contribution in [3.63, 3.8) is 0 Å². The summed E-state index contributed by atoms with van der Waals surface area (Å²) in [4.78, 5) is 0. The first-order valence-electron chi connectivity index (χ1n) is 4.66. The molecule has 0 aromatic rings. The summed E-state index contributed by atoms with van der Waals surface area (Å²) in [6.45, 7) is 7.07. The summed E-state index contributed by atoms with van der Waals surface area (Å²) in [6.07, 6.45) is 0.115. The van der Waals surface area contributed by atoms with Crippen molar-refractivity contribution in [3.05, 3.63) is 0 Å². The summed E-state index contributed by atoms with van der Waals surface area (Å²) in [5.74, 6) is -0.505. The maximum Gasteiger partial charge on any atom is 0.184 e. The zero-order valence-corrected chi connectivity index (χ0v) is 8.28. The van der Waals surface area contributed by atoms with E-state index in [-0.39, 0.29) is 18.5 Å². The molecule has 3 atom stereocenters. The zero-order chi connectivity index (χ0) is 9.47.